The van der Waals surface area contributed by atoms with Gasteiger partial charge in [0, 0.05) is 12.0 Å². The molecule has 2 aliphatic heterocycles. The van der Waals surface area contributed by atoms with Crippen molar-refractivity contribution in [3.05, 3.63) is 33.2 Å². The molecule has 0 saturated heterocycles. The number of benzene rings is 1. The van der Waals surface area contributed by atoms with Crippen molar-refractivity contribution in [2.24, 2.45) is 5.92 Å². The smallest absolute Gasteiger partial charge is 0.336 e. The Bertz CT molecular complexity index is 1020. The Morgan fingerprint density at radius 1 is 1.07 bits per heavy atom. The van der Waals surface area contributed by atoms with E-state index < -0.39 is 29.5 Å². The molecule has 7 heteroatoms. The van der Waals surface area contributed by atoms with Gasteiger partial charge in [-0.05, 0) is 32.8 Å². The monoisotopic (exact) mass is 404 g/mol. The first kappa shape index (κ1) is 20.2. The van der Waals surface area contributed by atoms with Gasteiger partial charge in [-0.25, -0.2) is 4.79 Å². The zero-order valence-electron chi connectivity index (χ0n) is 17.4. The van der Waals surface area contributed by atoms with E-state index in [1.807, 2.05) is 20.8 Å². The van der Waals surface area contributed by atoms with Crippen LogP contribution < -0.4 is 15.1 Å². The second-order valence-corrected chi connectivity index (χ2v) is 8.75. The fourth-order valence-corrected chi connectivity index (χ4v) is 4.38. The maximum absolute atomic E-state index is 12.3. The van der Waals surface area contributed by atoms with Crippen LogP contribution in [0.5, 0.6) is 11.5 Å². The summed E-state index contributed by atoms with van der Waals surface area (Å²) < 4.78 is 17.8. The summed E-state index contributed by atoms with van der Waals surface area (Å²) in [7, 11) is 0. The van der Waals surface area contributed by atoms with Crippen LogP contribution in [0, 0.1) is 5.92 Å². The molecule has 29 heavy (non-hydrogen) atoms. The minimum absolute atomic E-state index is 0.223. The average Bonchev–Trinajstić information content (AvgIpc) is 2.63. The van der Waals surface area contributed by atoms with Crippen molar-refractivity contribution in [3.63, 3.8) is 0 Å². The van der Waals surface area contributed by atoms with Gasteiger partial charge in [-0.15, -0.1) is 0 Å². The molecule has 0 unspecified atom stereocenters. The number of ether oxygens (including phenoxy) is 2. The average molecular weight is 404 g/mol. The molecule has 1 aromatic heterocycles. The van der Waals surface area contributed by atoms with Gasteiger partial charge in [0.05, 0.1) is 22.6 Å². The number of aliphatic hydroxyl groups excluding tert-OH is 3. The maximum atomic E-state index is 12.3. The van der Waals surface area contributed by atoms with Crippen LogP contribution in [-0.2, 0) is 6.42 Å². The highest BCUT2D eigenvalue weighted by Crippen LogP contribution is 2.55. The van der Waals surface area contributed by atoms with Crippen LogP contribution in [0.25, 0.3) is 11.0 Å². The lowest BCUT2D eigenvalue weighted by Gasteiger charge is -2.43. The fourth-order valence-electron chi connectivity index (χ4n) is 4.38. The maximum Gasteiger partial charge on any atom is 0.336 e. The zero-order valence-corrected chi connectivity index (χ0v) is 17.4. The van der Waals surface area contributed by atoms with E-state index >= 15 is 0 Å². The van der Waals surface area contributed by atoms with E-state index in [1.165, 1.54) is 6.07 Å². The molecule has 2 aliphatic rings. The summed E-state index contributed by atoms with van der Waals surface area (Å²) in [6.45, 7) is 9.05. The van der Waals surface area contributed by atoms with Crippen LogP contribution in [0.3, 0.4) is 0 Å². The molecule has 1 aromatic carbocycles. The van der Waals surface area contributed by atoms with E-state index in [0.29, 0.717) is 28.7 Å². The molecule has 0 spiro atoms. The minimum Gasteiger partial charge on any atom is -0.489 e. The SMILES string of the molecule is CCCc1cc(=O)oc2c3c(c4c(c12)OC(C)(C)[C@H](O)[C@@H]4O)O[C@@H](C)[C@H](C)[C@@H]3O. The van der Waals surface area contributed by atoms with Crippen LogP contribution in [-0.4, -0.2) is 33.1 Å². The van der Waals surface area contributed by atoms with Crippen LogP contribution >= 0.6 is 0 Å². The predicted octanol–water partition coefficient (Wildman–Crippen LogP) is 2.76. The Kier molecular flexibility index (Phi) is 4.68. The molecule has 0 amide bonds. The molecule has 2 aromatic rings. The van der Waals surface area contributed by atoms with Crippen molar-refractivity contribution in [2.45, 2.75) is 77.5 Å². The number of hydrogen-bond acceptors (Lipinski definition) is 7. The predicted molar refractivity (Wildman–Crippen MR) is 106 cm³/mol. The topological polar surface area (TPSA) is 109 Å². The van der Waals surface area contributed by atoms with Gasteiger partial charge < -0.3 is 29.2 Å². The highest BCUT2D eigenvalue weighted by molar-refractivity contribution is 5.94. The minimum atomic E-state index is -1.28. The Morgan fingerprint density at radius 3 is 2.41 bits per heavy atom. The molecule has 0 saturated carbocycles. The summed E-state index contributed by atoms with van der Waals surface area (Å²) >= 11 is 0. The van der Waals surface area contributed by atoms with Crippen LogP contribution in [0.1, 0.15) is 69.9 Å². The number of aliphatic hydroxyl groups is 3. The fraction of sp³-hybridized carbons (Fsp3) is 0.591. The molecule has 3 heterocycles. The van der Waals surface area contributed by atoms with Gasteiger partial charge >= 0.3 is 5.63 Å². The summed E-state index contributed by atoms with van der Waals surface area (Å²) in [6, 6.07) is 1.42. The van der Waals surface area contributed by atoms with Gasteiger partial charge in [-0.3, -0.25) is 0 Å². The van der Waals surface area contributed by atoms with Crippen molar-refractivity contribution < 1.29 is 29.2 Å². The van der Waals surface area contributed by atoms with Gasteiger partial charge in [-0.2, -0.15) is 0 Å². The van der Waals surface area contributed by atoms with E-state index in [1.54, 1.807) is 13.8 Å². The third-order valence-corrected chi connectivity index (χ3v) is 6.28. The Labute approximate surface area is 168 Å². The molecule has 3 N–H and O–H groups in total. The molecule has 0 aliphatic carbocycles. The zero-order chi connectivity index (χ0) is 21.2. The summed E-state index contributed by atoms with van der Waals surface area (Å²) in [5, 5.41) is 33.3. The highest BCUT2D eigenvalue weighted by Gasteiger charge is 2.48. The van der Waals surface area contributed by atoms with Gasteiger partial charge in [-0.1, -0.05) is 20.3 Å². The highest BCUT2D eigenvalue weighted by atomic mass is 16.5. The third kappa shape index (κ3) is 2.86. The normalized spacial score (nSPS) is 30.3. The Balaban J connectivity index is 2.19. The van der Waals surface area contributed by atoms with Crippen LogP contribution in [0.15, 0.2) is 15.3 Å². The summed E-state index contributed by atoms with van der Waals surface area (Å²) in [5.74, 6) is 0.305. The van der Waals surface area contributed by atoms with Crippen LogP contribution in [0.2, 0.25) is 0 Å². The summed E-state index contributed by atoms with van der Waals surface area (Å²) in [5.41, 5.74) is -0.0233. The summed E-state index contributed by atoms with van der Waals surface area (Å²) in [6.07, 6.45) is -2.40. The molecule has 158 valence electrons. The first-order valence-electron chi connectivity index (χ1n) is 10.1. The van der Waals surface area contributed by atoms with Gasteiger partial charge in [0.1, 0.15) is 35.4 Å². The van der Waals surface area contributed by atoms with Crippen molar-refractivity contribution in [3.8, 4) is 11.5 Å². The summed E-state index contributed by atoms with van der Waals surface area (Å²) in [4.78, 5) is 12.3. The largest absolute Gasteiger partial charge is 0.489 e. The first-order chi connectivity index (χ1) is 13.6. The lowest BCUT2D eigenvalue weighted by atomic mass is 9.81. The van der Waals surface area contributed by atoms with E-state index in [9.17, 15) is 20.1 Å². The van der Waals surface area contributed by atoms with Gasteiger partial charge in [0.15, 0.2) is 5.58 Å². The Hall–Kier alpha value is -2.09. The molecule has 0 bridgehead atoms. The van der Waals surface area contributed by atoms with Crippen molar-refractivity contribution in [2.75, 3.05) is 0 Å². The molecular weight excluding hydrogens is 376 g/mol. The number of hydrogen-bond donors (Lipinski definition) is 3. The quantitative estimate of drug-likeness (QED) is 0.660. The lowest BCUT2D eigenvalue weighted by Crippen LogP contribution is -2.49. The van der Waals surface area contributed by atoms with E-state index in [-0.39, 0.29) is 23.4 Å². The van der Waals surface area contributed by atoms with E-state index in [0.717, 1.165) is 12.0 Å². The molecular formula is C22H28O7. The third-order valence-electron chi connectivity index (χ3n) is 6.28. The number of fused-ring (bicyclic) bond motifs is 6. The first-order valence-corrected chi connectivity index (χ1v) is 10.1. The van der Waals surface area contributed by atoms with E-state index in [2.05, 4.69) is 0 Å². The van der Waals surface area contributed by atoms with Crippen LogP contribution in [0.4, 0.5) is 0 Å². The molecule has 0 fully saturated rings. The van der Waals surface area contributed by atoms with Crippen molar-refractivity contribution >= 4 is 11.0 Å². The molecule has 4 rings (SSSR count). The Morgan fingerprint density at radius 2 is 1.76 bits per heavy atom. The second-order valence-electron chi connectivity index (χ2n) is 8.75. The number of rotatable bonds is 2. The van der Waals surface area contributed by atoms with Crippen molar-refractivity contribution in [1.82, 2.24) is 0 Å². The molecule has 0 radical (unpaired) electrons. The molecule has 5 atom stereocenters. The molecule has 7 nitrogen and oxygen atoms in total. The van der Waals surface area contributed by atoms with Gasteiger partial charge in [0.2, 0.25) is 0 Å². The number of aryl methyl sites for hydroxylation is 1. The second kappa shape index (κ2) is 6.72. The lowest BCUT2D eigenvalue weighted by molar-refractivity contribution is -0.113. The standard InChI is InChI=1S/C22H28O7/c1-6-7-11-8-12(23)28-18-13(11)20-15(17(25)21(26)22(4,5)29-20)19-14(18)16(24)9(2)10(3)27-19/h8-10,16-17,21,24-26H,6-7H2,1-5H3/t9-,10-,16-,17+,21+/m0/s1. The van der Waals surface area contributed by atoms with E-state index in [4.69, 9.17) is 13.9 Å². The van der Waals surface area contributed by atoms with Crippen molar-refractivity contribution in [1.29, 1.82) is 0 Å². The van der Waals surface area contributed by atoms with Gasteiger partial charge in [0.25, 0.3) is 0 Å².